The Balaban J connectivity index is 3.30. The Morgan fingerprint density at radius 1 is 1.64 bits per heavy atom. The molecule has 0 aliphatic rings. The van der Waals surface area contributed by atoms with Crippen LogP contribution in [0.1, 0.15) is 26.2 Å². The Bertz CT molecular complexity index is 139. The molecule has 0 heterocycles. The molecule has 64 valence electrons. The van der Waals surface area contributed by atoms with E-state index >= 15 is 0 Å². The predicted molar refractivity (Wildman–Crippen MR) is 48.7 cm³/mol. The highest BCUT2D eigenvalue weighted by Crippen LogP contribution is 1.88. The molecule has 0 unspecified atom stereocenters. The van der Waals surface area contributed by atoms with Crippen LogP contribution in [-0.2, 0) is 0 Å². The Labute approximate surface area is 67.6 Å². The highest BCUT2D eigenvalue weighted by Gasteiger charge is 1.81. The lowest BCUT2D eigenvalue weighted by molar-refractivity contribution is 0.836. The summed E-state index contributed by atoms with van der Waals surface area (Å²) in [6, 6.07) is 0. The number of rotatable bonds is 4. The molecule has 0 rings (SSSR count). The Kier molecular flexibility index (Phi) is 6.37. The number of nitrogens with two attached hydrogens (primary N) is 1. The van der Waals surface area contributed by atoms with E-state index in [1.54, 1.807) is 7.05 Å². The summed E-state index contributed by atoms with van der Waals surface area (Å²) in [5.41, 5.74) is 7.90. The summed E-state index contributed by atoms with van der Waals surface area (Å²) in [7, 11) is 1.61. The maximum atomic E-state index is 5.31. The lowest BCUT2D eigenvalue weighted by atomic mass is 10.3. The van der Waals surface area contributed by atoms with Crippen LogP contribution in [0.3, 0.4) is 0 Å². The minimum Gasteiger partial charge on any atom is -0.369 e. The third-order valence-corrected chi connectivity index (χ3v) is 1.20. The lowest BCUT2D eigenvalue weighted by Gasteiger charge is -1.94. The van der Waals surface area contributed by atoms with E-state index in [2.05, 4.69) is 22.4 Å². The van der Waals surface area contributed by atoms with E-state index in [1.807, 2.05) is 6.21 Å². The highest BCUT2D eigenvalue weighted by atomic mass is 15.3. The summed E-state index contributed by atoms with van der Waals surface area (Å²) < 4.78 is 0. The van der Waals surface area contributed by atoms with Gasteiger partial charge < -0.3 is 5.73 Å². The molecule has 0 aliphatic heterocycles. The second-order valence-corrected chi connectivity index (χ2v) is 2.17. The van der Waals surface area contributed by atoms with Crippen molar-refractivity contribution in [2.24, 2.45) is 15.8 Å². The predicted octanol–water partition coefficient (Wildman–Crippen LogP) is 0.697. The lowest BCUT2D eigenvalue weighted by Crippen LogP contribution is -2.26. The van der Waals surface area contributed by atoms with Crippen LogP contribution in [0, 0.1) is 0 Å². The van der Waals surface area contributed by atoms with Gasteiger partial charge in [-0.15, -0.1) is 0 Å². The van der Waals surface area contributed by atoms with Crippen molar-refractivity contribution in [2.45, 2.75) is 26.2 Å². The number of hydrogen-bond acceptors (Lipinski definition) is 2. The first-order valence-corrected chi connectivity index (χ1v) is 3.81. The zero-order chi connectivity index (χ0) is 8.53. The topological polar surface area (TPSA) is 62.8 Å². The largest absolute Gasteiger partial charge is 0.369 e. The van der Waals surface area contributed by atoms with Crippen LogP contribution in [0.25, 0.3) is 0 Å². The van der Waals surface area contributed by atoms with E-state index < -0.39 is 0 Å². The molecule has 0 saturated heterocycles. The summed E-state index contributed by atoms with van der Waals surface area (Å²) in [4.78, 5) is 3.68. The highest BCUT2D eigenvalue weighted by molar-refractivity contribution is 5.78. The van der Waals surface area contributed by atoms with Gasteiger partial charge in [0.1, 0.15) is 0 Å². The van der Waals surface area contributed by atoms with Gasteiger partial charge in [0.15, 0.2) is 0 Å². The smallest absolute Gasteiger partial charge is 0.209 e. The maximum Gasteiger partial charge on any atom is 0.209 e. The van der Waals surface area contributed by atoms with Crippen LogP contribution in [0.4, 0.5) is 0 Å². The molecular formula is C7H16N4. The van der Waals surface area contributed by atoms with E-state index in [0.29, 0.717) is 5.96 Å². The average Bonchev–Trinajstić information content (AvgIpc) is 2.04. The fourth-order valence-electron chi connectivity index (χ4n) is 0.522. The quantitative estimate of drug-likeness (QED) is 0.272. The molecule has 0 aromatic rings. The SMILES string of the molecule is CCCCC=NNC(N)=NC. The third kappa shape index (κ3) is 6.83. The molecule has 3 N–H and O–H groups in total. The van der Waals surface area contributed by atoms with Crippen molar-refractivity contribution >= 4 is 12.2 Å². The number of nitrogens with zero attached hydrogens (tertiary/aromatic N) is 2. The van der Waals surface area contributed by atoms with Crippen LogP contribution in [0.5, 0.6) is 0 Å². The first kappa shape index (κ1) is 9.94. The van der Waals surface area contributed by atoms with Crippen molar-refractivity contribution < 1.29 is 0 Å². The standard InChI is InChI=1S/C7H16N4/c1-3-4-5-6-10-11-7(8)9-2/h6H,3-5H2,1-2H3,(H3,8,9,11). The van der Waals surface area contributed by atoms with Gasteiger partial charge in [-0.25, -0.2) is 5.43 Å². The van der Waals surface area contributed by atoms with Crippen molar-refractivity contribution in [1.29, 1.82) is 0 Å². The molecule has 0 amide bonds. The number of aliphatic imine (C=N–C) groups is 1. The van der Waals surface area contributed by atoms with E-state index in [4.69, 9.17) is 5.73 Å². The van der Waals surface area contributed by atoms with Crippen LogP contribution in [0.2, 0.25) is 0 Å². The van der Waals surface area contributed by atoms with E-state index in [-0.39, 0.29) is 0 Å². The van der Waals surface area contributed by atoms with Crippen molar-refractivity contribution in [2.75, 3.05) is 7.05 Å². The van der Waals surface area contributed by atoms with Crippen LogP contribution < -0.4 is 11.2 Å². The van der Waals surface area contributed by atoms with Gasteiger partial charge in [0, 0.05) is 13.3 Å². The molecule has 11 heavy (non-hydrogen) atoms. The minimum atomic E-state index is 0.345. The normalized spacial score (nSPS) is 12.4. The molecular weight excluding hydrogens is 140 g/mol. The first-order valence-electron chi connectivity index (χ1n) is 3.81. The number of unbranched alkanes of at least 4 members (excludes halogenated alkanes) is 2. The molecule has 0 aromatic heterocycles. The second kappa shape index (κ2) is 7.05. The van der Waals surface area contributed by atoms with Gasteiger partial charge >= 0.3 is 0 Å². The molecule has 0 fully saturated rings. The van der Waals surface area contributed by atoms with Crippen molar-refractivity contribution in [3.8, 4) is 0 Å². The second-order valence-electron chi connectivity index (χ2n) is 2.17. The average molecular weight is 156 g/mol. The zero-order valence-electron chi connectivity index (χ0n) is 7.17. The summed E-state index contributed by atoms with van der Waals surface area (Å²) in [6.07, 6.45) is 5.14. The van der Waals surface area contributed by atoms with Gasteiger partial charge in [-0.05, 0) is 12.8 Å². The third-order valence-electron chi connectivity index (χ3n) is 1.20. The Morgan fingerprint density at radius 3 is 2.91 bits per heavy atom. The molecule has 4 nitrogen and oxygen atoms in total. The molecule has 0 bridgehead atoms. The van der Waals surface area contributed by atoms with E-state index in [0.717, 1.165) is 12.8 Å². The fourth-order valence-corrected chi connectivity index (χ4v) is 0.522. The number of hydrogen-bond donors (Lipinski definition) is 2. The molecule has 0 aromatic carbocycles. The van der Waals surface area contributed by atoms with Gasteiger partial charge in [0.25, 0.3) is 0 Å². The monoisotopic (exact) mass is 156 g/mol. The Morgan fingerprint density at radius 2 is 2.36 bits per heavy atom. The number of guanidine groups is 1. The van der Waals surface area contributed by atoms with Gasteiger partial charge in [-0.2, -0.15) is 5.10 Å². The molecule has 0 spiro atoms. The van der Waals surface area contributed by atoms with Crippen LogP contribution >= 0.6 is 0 Å². The Hall–Kier alpha value is -1.06. The van der Waals surface area contributed by atoms with E-state index in [1.165, 1.54) is 6.42 Å². The van der Waals surface area contributed by atoms with Gasteiger partial charge in [0.05, 0.1) is 0 Å². The summed E-state index contributed by atoms with van der Waals surface area (Å²) in [6.45, 7) is 2.14. The van der Waals surface area contributed by atoms with E-state index in [9.17, 15) is 0 Å². The first-order chi connectivity index (χ1) is 5.31. The number of hydrazone groups is 1. The number of nitrogens with one attached hydrogen (secondary N) is 1. The summed E-state index contributed by atoms with van der Waals surface area (Å²) in [5, 5.41) is 3.85. The van der Waals surface area contributed by atoms with Crippen molar-refractivity contribution in [3.63, 3.8) is 0 Å². The minimum absolute atomic E-state index is 0.345. The van der Waals surface area contributed by atoms with Crippen LogP contribution in [-0.4, -0.2) is 19.2 Å². The molecule has 0 radical (unpaired) electrons. The molecule has 0 saturated carbocycles. The molecule has 0 atom stereocenters. The summed E-state index contributed by atoms with van der Waals surface area (Å²) >= 11 is 0. The van der Waals surface area contributed by atoms with Gasteiger partial charge in [-0.3, -0.25) is 4.99 Å². The summed E-state index contributed by atoms with van der Waals surface area (Å²) in [5.74, 6) is 0.345. The molecule has 4 heteroatoms. The van der Waals surface area contributed by atoms with Gasteiger partial charge in [0.2, 0.25) is 5.96 Å². The van der Waals surface area contributed by atoms with Gasteiger partial charge in [-0.1, -0.05) is 13.3 Å². The molecule has 0 aliphatic carbocycles. The zero-order valence-corrected chi connectivity index (χ0v) is 7.17. The maximum absolute atomic E-state index is 5.31. The van der Waals surface area contributed by atoms with Crippen LogP contribution in [0.15, 0.2) is 10.1 Å². The van der Waals surface area contributed by atoms with Crippen molar-refractivity contribution in [1.82, 2.24) is 5.43 Å². The van der Waals surface area contributed by atoms with Crippen molar-refractivity contribution in [3.05, 3.63) is 0 Å². The fraction of sp³-hybridized carbons (Fsp3) is 0.714.